The minimum atomic E-state index is -5.17. The Balaban J connectivity index is -0.000000151. The van der Waals surface area contributed by atoms with Gasteiger partial charge in [-0.15, -0.1) is 0 Å². The molecule has 0 aromatic rings. The molecule has 0 N–H and O–H groups in total. The molecule has 0 radical (unpaired) electrons. The molecule has 0 atom stereocenters. The summed E-state index contributed by atoms with van der Waals surface area (Å²) < 4.78 is 69.7. The molecule has 0 aliphatic heterocycles. The van der Waals surface area contributed by atoms with Gasteiger partial charge in [-0.25, -0.2) is 0 Å². The number of hydrogen-bond donors (Lipinski definition) is 0. The summed E-state index contributed by atoms with van der Waals surface area (Å²) >= 11 is 1.41. The van der Waals surface area contributed by atoms with Gasteiger partial charge in [0, 0.05) is 20.8 Å². The maximum Gasteiger partial charge on any atom is 4.00 e. The van der Waals surface area contributed by atoms with E-state index >= 15 is 0 Å². The Labute approximate surface area is 165 Å². The van der Waals surface area contributed by atoms with Crippen LogP contribution in [-0.4, -0.2) is 63.0 Å². The van der Waals surface area contributed by atoms with Gasteiger partial charge in [0.05, 0.1) is 0 Å². The van der Waals surface area contributed by atoms with Gasteiger partial charge >= 0.3 is 110 Å². The second-order valence-electron chi connectivity index (χ2n) is 5.00. The summed E-state index contributed by atoms with van der Waals surface area (Å²) in [5.74, 6) is 0. The molecule has 0 unspecified atom stereocenters. The summed E-state index contributed by atoms with van der Waals surface area (Å²) in [7, 11) is -10.3. The molecule has 24 heavy (non-hydrogen) atoms. The molecule has 0 spiro atoms. The average molecular weight is 396 g/mol. The zero-order chi connectivity index (χ0) is 18.8. The molecule has 11 heteroatoms. The Hall–Kier alpha value is 0.740. The Bertz CT molecular complexity index is 367. The van der Waals surface area contributed by atoms with Gasteiger partial charge in [-0.1, -0.05) is 0 Å². The third kappa shape index (κ3) is 93.2. The van der Waals surface area contributed by atoms with Crippen LogP contribution in [0.25, 0.3) is 0 Å². The molecule has 0 amide bonds. The van der Waals surface area contributed by atoms with Crippen molar-refractivity contribution >= 4 is 48.7 Å². The average Bonchev–Trinajstić information content (AvgIpc) is 2.33. The van der Waals surface area contributed by atoms with E-state index in [4.69, 9.17) is 35.0 Å². The third-order valence-electron chi connectivity index (χ3n) is 2.71. The van der Waals surface area contributed by atoms with E-state index in [0.717, 1.165) is 0 Å². The fourth-order valence-corrected chi connectivity index (χ4v) is 2.24. The largest absolute Gasteiger partial charge is 4.00 e. The van der Waals surface area contributed by atoms with Crippen molar-refractivity contribution in [3.8, 4) is 0 Å². The SMILES string of the molecule is CCCCCCCCCCC[CH2][Na].O=S(=O)([O-])[O-].O=S(=O)([O-])[O-].[C+4]. The maximum absolute atomic E-state index is 8.52. The van der Waals surface area contributed by atoms with Gasteiger partial charge in [0.25, 0.3) is 0 Å². The zero-order valence-electron chi connectivity index (χ0n) is 14.4. The number of rotatable bonds is 10. The zero-order valence-corrected chi connectivity index (χ0v) is 18.0. The van der Waals surface area contributed by atoms with Crippen molar-refractivity contribution < 1.29 is 35.0 Å². The molecule has 0 saturated carbocycles. The van der Waals surface area contributed by atoms with Crippen LogP contribution >= 0.6 is 0 Å². The van der Waals surface area contributed by atoms with Crippen LogP contribution < -0.4 is 0 Å². The summed E-state index contributed by atoms with van der Waals surface area (Å²) in [5, 5.41) is 0. The number of hydrogen-bond acceptors (Lipinski definition) is 8. The van der Waals surface area contributed by atoms with Crippen LogP contribution in [0.4, 0.5) is 0 Å². The fraction of sp³-hybridized carbons (Fsp3) is 0.923. The van der Waals surface area contributed by atoms with Crippen molar-refractivity contribution in [2.75, 3.05) is 0 Å². The molecule has 0 aromatic heterocycles. The third-order valence-corrected chi connectivity index (χ3v) is 3.41. The Kier molecular flexibility index (Phi) is 29.4. The van der Waals surface area contributed by atoms with Crippen LogP contribution in [0.1, 0.15) is 71.1 Å². The molecule has 0 fully saturated rings. The van der Waals surface area contributed by atoms with Crippen LogP contribution in [-0.2, 0) is 20.8 Å². The van der Waals surface area contributed by atoms with Crippen molar-refractivity contribution in [1.82, 2.24) is 0 Å². The first kappa shape index (κ1) is 32.4. The molecule has 0 aliphatic rings. The smallest absolute Gasteiger partial charge is 0.759 e. The van der Waals surface area contributed by atoms with Crippen molar-refractivity contribution in [1.29, 1.82) is 0 Å². The van der Waals surface area contributed by atoms with E-state index in [1.54, 1.807) is 0 Å². The molecular weight excluding hydrogens is 371 g/mol. The molecular formula is C13H25NaO8S2. The first-order valence-electron chi connectivity index (χ1n) is 7.75. The summed E-state index contributed by atoms with van der Waals surface area (Å²) in [6.45, 7) is 2.29. The van der Waals surface area contributed by atoms with Gasteiger partial charge in [0.1, 0.15) is 0 Å². The van der Waals surface area contributed by atoms with Crippen molar-refractivity contribution in [2.24, 2.45) is 0 Å². The van der Waals surface area contributed by atoms with Gasteiger partial charge < -0.3 is 18.2 Å². The summed E-state index contributed by atoms with van der Waals surface area (Å²) in [4.78, 5) is 0. The monoisotopic (exact) mass is 396 g/mol. The van der Waals surface area contributed by atoms with E-state index in [1.165, 1.54) is 95.8 Å². The molecule has 0 saturated heterocycles. The fourth-order valence-electron chi connectivity index (χ4n) is 1.74. The normalized spacial score (nSPS) is 10.6. The van der Waals surface area contributed by atoms with E-state index in [2.05, 4.69) is 6.92 Å². The molecule has 0 aromatic carbocycles. The predicted molar refractivity (Wildman–Crippen MR) is 86.6 cm³/mol. The van der Waals surface area contributed by atoms with E-state index in [0.29, 0.717) is 0 Å². The van der Waals surface area contributed by atoms with Crippen LogP contribution in [0.5, 0.6) is 0 Å². The van der Waals surface area contributed by atoms with E-state index in [9.17, 15) is 0 Å². The first-order valence-corrected chi connectivity index (χ1v) is 11.8. The van der Waals surface area contributed by atoms with Gasteiger partial charge in [0.15, 0.2) is 0 Å². The topological polar surface area (TPSA) is 161 Å². The maximum atomic E-state index is 8.52. The molecule has 8 nitrogen and oxygen atoms in total. The first-order chi connectivity index (χ1) is 10.4. The van der Waals surface area contributed by atoms with E-state index in [-0.39, 0.29) is 7.43 Å². The Morgan fingerprint density at radius 2 is 0.833 bits per heavy atom. The minimum absolute atomic E-state index is 0. The standard InChI is InChI=1S/C12H25.C.Na.2H2O4S/c1-3-5-7-9-11-12-10-8-6-4-2;;;2*1-5(2,3)4/h1,3-12H2,2H3;;;2*(H2,1,2,3,4)/q;+4;;;/p-4. The Morgan fingerprint density at radius 1 is 0.625 bits per heavy atom. The van der Waals surface area contributed by atoms with Crippen molar-refractivity contribution in [3.63, 3.8) is 0 Å². The predicted octanol–water partition coefficient (Wildman–Crippen LogP) is 1.90. The van der Waals surface area contributed by atoms with E-state index < -0.39 is 20.8 Å². The van der Waals surface area contributed by atoms with Crippen molar-refractivity contribution in [3.05, 3.63) is 7.43 Å². The molecule has 138 valence electrons. The quantitative estimate of drug-likeness (QED) is 0.234. The van der Waals surface area contributed by atoms with Crippen LogP contribution in [0.3, 0.4) is 0 Å². The Morgan fingerprint density at radius 3 is 1.04 bits per heavy atom. The summed E-state index contributed by atoms with van der Waals surface area (Å²) in [6, 6.07) is 0. The van der Waals surface area contributed by atoms with Crippen molar-refractivity contribution in [2.45, 2.75) is 74.8 Å². The molecule has 0 bridgehead atoms. The molecule has 0 aliphatic carbocycles. The van der Waals surface area contributed by atoms with Crippen LogP contribution in [0.2, 0.25) is 3.67 Å². The van der Waals surface area contributed by atoms with Crippen LogP contribution in [0, 0.1) is 7.43 Å². The van der Waals surface area contributed by atoms with Gasteiger partial charge in [-0.3, -0.25) is 16.8 Å². The summed E-state index contributed by atoms with van der Waals surface area (Å²) in [6.07, 6.45) is 14.7. The van der Waals surface area contributed by atoms with Gasteiger partial charge in [0.2, 0.25) is 0 Å². The number of unbranched alkanes of at least 4 members (excludes halogenated alkanes) is 9. The second-order valence-corrected chi connectivity index (χ2v) is 7.63. The van der Waals surface area contributed by atoms with Gasteiger partial charge in [-0.2, -0.15) is 0 Å². The second kappa shape index (κ2) is 21.8. The summed E-state index contributed by atoms with van der Waals surface area (Å²) in [5.41, 5.74) is 0. The van der Waals surface area contributed by atoms with Crippen LogP contribution in [0.15, 0.2) is 0 Å². The molecule has 0 rings (SSSR count). The van der Waals surface area contributed by atoms with E-state index in [1.807, 2.05) is 0 Å². The molecule has 0 heterocycles. The minimum Gasteiger partial charge on any atom is -0.759 e. The van der Waals surface area contributed by atoms with Gasteiger partial charge in [-0.05, 0) is 0 Å².